The third-order valence-electron chi connectivity index (χ3n) is 9.27. The van der Waals surface area contributed by atoms with Crippen molar-refractivity contribution in [3.8, 4) is 16.9 Å². The fraction of sp³-hybridized carbons (Fsp3) is 0.343. The molecule has 0 spiro atoms. The van der Waals surface area contributed by atoms with Gasteiger partial charge in [0.2, 0.25) is 0 Å². The van der Waals surface area contributed by atoms with Gasteiger partial charge in [0.1, 0.15) is 17.3 Å². The average molecular weight is 637 g/mol. The molecule has 2 saturated heterocycles. The molecule has 47 heavy (non-hydrogen) atoms. The Labute approximate surface area is 270 Å². The maximum Gasteiger partial charge on any atom is 0.290 e. The van der Waals surface area contributed by atoms with Gasteiger partial charge in [-0.25, -0.2) is 14.1 Å². The normalized spacial score (nSPS) is 17.8. The molecule has 2 bridgehead atoms. The minimum atomic E-state index is -0.647. The van der Waals surface area contributed by atoms with E-state index in [0.717, 1.165) is 41.9 Å². The molecule has 3 N–H and O–H groups in total. The number of anilines is 3. The number of pyridine rings is 1. The van der Waals surface area contributed by atoms with Gasteiger partial charge in [0.05, 0.1) is 41.5 Å². The number of aromatic nitrogens is 5. The summed E-state index contributed by atoms with van der Waals surface area (Å²) in [6, 6.07) is 14.6. The summed E-state index contributed by atoms with van der Waals surface area (Å²) in [7, 11) is 1.54. The zero-order chi connectivity index (χ0) is 33.0. The lowest BCUT2D eigenvalue weighted by atomic mass is 9.86. The first-order valence-electron chi connectivity index (χ1n) is 15.8. The summed E-state index contributed by atoms with van der Waals surface area (Å²) in [5, 5.41) is 26.3. The van der Waals surface area contributed by atoms with Crippen molar-refractivity contribution in [2.75, 3.05) is 23.3 Å². The molecule has 0 radical (unpaired) electrons. The SMILES string of the molecule is Cn1nc(-c2cccc(-n3ncc4cc(C(C)(C)C)cc(F)c4c3=O)c2CO)cc(Nc2ccc(N3C4CC[C@@H]3CNC4)cn2)c1=O. The summed E-state index contributed by atoms with van der Waals surface area (Å²) in [6.45, 7) is 7.37. The van der Waals surface area contributed by atoms with Crippen LogP contribution < -0.4 is 26.7 Å². The summed E-state index contributed by atoms with van der Waals surface area (Å²) in [6.07, 6.45) is 5.61. The zero-order valence-corrected chi connectivity index (χ0v) is 26.8. The fourth-order valence-electron chi connectivity index (χ4n) is 6.80. The Balaban J connectivity index is 1.24. The predicted molar refractivity (Wildman–Crippen MR) is 180 cm³/mol. The van der Waals surface area contributed by atoms with Gasteiger partial charge in [0, 0.05) is 48.7 Å². The molecule has 2 atom stereocenters. The number of aliphatic hydroxyl groups excluding tert-OH is 1. The number of fused-ring (bicyclic) bond motifs is 3. The highest BCUT2D eigenvalue weighted by molar-refractivity contribution is 5.83. The van der Waals surface area contributed by atoms with Crippen LogP contribution in [0.15, 0.2) is 70.5 Å². The number of piperazine rings is 1. The highest BCUT2D eigenvalue weighted by atomic mass is 19.1. The second-order valence-corrected chi connectivity index (χ2v) is 13.3. The van der Waals surface area contributed by atoms with Crippen molar-refractivity contribution in [3.05, 3.63) is 98.6 Å². The van der Waals surface area contributed by atoms with Crippen LogP contribution in [0.2, 0.25) is 0 Å². The quantitative estimate of drug-likeness (QED) is 0.252. The number of aryl methyl sites for hydroxylation is 1. The van der Waals surface area contributed by atoms with Crippen molar-refractivity contribution in [1.82, 2.24) is 29.9 Å². The first-order chi connectivity index (χ1) is 22.5. The largest absolute Gasteiger partial charge is 0.392 e. The molecule has 2 aromatic carbocycles. The third kappa shape index (κ3) is 5.47. The monoisotopic (exact) mass is 636 g/mol. The van der Waals surface area contributed by atoms with Crippen LogP contribution in [0, 0.1) is 5.82 Å². The topological polar surface area (TPSA) is 130 Å². The number of halogens is 1. The van der Waals surface area contributed by atoms with Crippen molar-refractivity contribution in [2.45, 2.75) is 57.7 Å². The summed E-state index contributed by atoms with van der Waals surface area (Å²) in [5.41, 5.74) is 2.22. The molecular formula is C35H37FN8O3. The van der Waals surface area contributed by atoms with E-state index in [-0.39, 0.29) is 27.7 Å². The van der Waals surface area contributed by atoms with Crippen molar-refractivity contribution >= 4 is 28.0 Å². The van der Waals surface area contributed by atoms with Crippen LogP contribution in [-0.4, -0.2) is 54.8 Å². The molecule has 242 valence electrons. The van der Waals surface area contributed by atoms with E-state index in [1.165, 1.54) is 16.9 Å². The number of benzene rings is 2. The lowest BCUT2D eigenvalue weighted by Crippen LogP contribution is -2.52. The molecule has 0 aliphatic carbocycles. The van der Waals surface area contributed by atoms with E-state index in [1.807, 2.05) is 39.1 Å². The van der Waals surface area contributed by atoms with Crippen molar-refractivity contribution in [1.29, 1.82) is 0 Å². The summed E-state index contributed by atoms with van der Waals surface area (Å²) in [5.74, 6) is -0.127. The van der Waals surface area contributed by atoms with Gasteiger partial charge in [0.25, 0.3) is 11.1 Å². The molecule has 7 rings (SSSR count). The molecular weight excluding hydrogens is 599 g/mol. The maximum atomic E-state index is 15.4. The van der Waals surface area contributed by atoms with Gasteiger partial charge in [-0.2, -0.15) is 14.9 Å². The lowest BCUT2D eigenvalue weighted by molar-refractivity contribution is 0.281. The van der Waals surface area contributed by atoms with Gasteiger partial charge < -0.3 is 20.6 Å². The Hall–Kier alpha value is -4.94. The van der Waals surface area contributed by atoms with Crippen LogP contribution in [0.5, 0.6) is 0 Å². The van der Waals surface area contributed by atoms with Crippen LogP contribution >= 0.6 is 0 Å². The van der Waals surface area contributed by atoms with Crippen molar-refractivity contribution < 1.29 is 9.50 Å². The fourth-order valence-corrected chi connectivity index (χ4v) is 6.80. The van der Waals surface area contributed by atoms with E-state index in [0.29, 0.717) is 40.1 Å². The van der Waals surface area contributed by atoms with Gasteiger partial charge in [0.15, 0.2) is 0 Å². The molecule has 1 unspecified atom stereocenters. The van der Waals surface area contributed by atoms with Crippen molar-refractivity contribution in [2.24, 2.45) is 7.05 Å². The Bertz CT molecular complexity index is 2100. The van der Waals surface area contributed by atoms with E-state index < -0.39 is 18.0 Å². The summed E-state index contributed by atoms with van der Waals surface area (Å²) in [4.78, 5) is 33.8. The Morgan fingerprint density at radius 3 is 2.47 bits per heavy atom. The molecule has 0 saturated carbocycles. The van der Waals surface area contributed by atoms with Crippen LogP contribution in [0.25, 0.3) is 27.7 Å². The van der Waals surface area contributed by atoms with Gasteiger partial charge in [-0.3, -0.25) is 9.59 Å². The molecule has 2 fully saturated rings. The second-order valence-electron chi connectivity index (χ2n) is 13.3. The minimum Gasteiger partial charge on any atom is -0.392 e. The highest BCUT2D eigenvalue weighted by Crippen LogP contribution is 2.33. The Kier molecular flexibility index (Phi) is 7.64. The lowest BCUT2D eigenvalue weighted by Gasteiger charge is -2.37. The minimum absolute atomic E-state index is 0.0860. The number of rotatable bonds is 6. The maximum absolute atomic E-state index is 15.4. The predicted octanol–water partition coefficient (Wildman–Crippen LogP) is 4.15. The molecule has 5 heterocycles. The van der Waals surface area contributed by atoms with Crippen molar-refractivity contribution in [3.63, 3.8) is 0 Å². The summed E-state index contributed by atoms with van der Waals surface area (Å²) >= 11 is 0. The van der Waals surface area contributed by atoms with E-state index >= 15 is 4.39 Å². The zero-order valence-electron chi connectivity index (χ0n) is 26.8. The van der Waals surface area contributed by atoms with Crippen LogP contribution in [0.4, 0.5) is 21.6 Å². The van der Waals surface area contributed by atoms with Gasteiger partial charge in [-0.15, -0.1) is 0 Å². The standard InChI is InChI=1S/C35H37FN8O3/c1-35(2,3)21-12-20-15-39-44(34(47)32(20)27(36)13-21)30-7-5-6-25(26(30)19-45)28-14-29(33(46)42(4)41-28)40-31-11-10-24(18-38-31)43-22-8-9-23(43)17-37-16-22/h5-7,10-15,18,22-23,37,45H,8-9,16-17,19H2,1-4H3,(H,38,40)/t22-,23?/m1/s1. The number of nitrogens with zero attached hydrogens (tertiary/aromatic N) is 6. The molecule has 12 heteroatoms. The van der Waals surface area contributed by atoms with Crippen LogP contribution in [0.3, 0.4) is 0 Å². The van der Waals surface area contributed by atoms with Crippen LogP contribution in [0.1, 0.15) is 44.7 Å². The summed E-state index contributed by atoms with van der Waals surface area (Å²) < 4.78 is 17.7. The smallest absolute Gasteiger partial charge is 0.290 e. The highest BCUT2D eigenvalue weighted by Gasteiger charge is 2.36. The Morgan fingerprint density at radius 1 is 1.02 bits per heavy atom. The first kappa shape index (κ1) is 30.7. The van der Waals surface area contributed by atoms with Crippen LogP contribution in [-0.2, 0) is 19.1 Å². The third-order valence-corrected chi connectivity index (χ3v) is 9.27. The average Bonchev–Trinajstić information content (AvgIpc) is 3.29. The molecule has 3 aromatic heterocycles. The van der Waals surface area contributed by atoms with Gasteiger partial charge in [-0.05, 0) is 60.2 Å². The number of hydrogen-bond donors (Lipinski definition) is 3. The second kappa shape index (κ2) is 11.7. The number of nitrogens with one attached hydrogen (secondary N) is 2. The molecule has 11 nitrogen and oxygen atoms in total. The van der Waals surface area contributed by atoms with E-state index in [2.05, 4.69) is 30.7 Å². The number of hydrogen-bond acceptors (Lipinski definition) is 9. The molecule has 2 aliphatic rings. The first-order valence-corrected chi connectivity index (χ1v) is 15.8. The molecule has 0 amide bonds. The number of aliphatic hydroxyl groups is 1. The van der Waals surface area contributed by atoms with Gasteiger partial charge >= 0.3 is 0 Å². The molecule has 5 aromatic rings. The molecule has 2 aliphatic heterocycles. The van der Waals surface area contributed by atoms with E-state index in [4.69, 9.17) is 0 Å². The van der Waals surface area contributed by atoms with E-state index in [1.54, 1.807) is 37.4 Å². The Morgan fingerprint density at radius 2 is 1.79 bits per heavy atom. The van der Waals surface area contributed by atoms with Gasteiger partial charge in [-0.1, -0.05) is 32.9 Å². The van der Waals surface area contributed by atoms with E-state index in [9.17, 15) is 14.7 Å².